The van der Waals surface area contributed by atoms with Gasteiger partial charge in [-0.3, -0.25) is 4.79 Å². The third-order valence-electron chi connectivity index (χ3n) is 3.58. The lowest BCUT2D eigenvalue weighted by atomic mass is 10.1. The standard InChI is InChI=1S/C20H19N3OS2/c1-23(2)17-11-5-3-8-15(17)9-7-13-21-19(24)14-25-20-22-16-10-4-6-12-18(16)26-20/h3-6,8,10-12H,13-14H2,1-2H3,(H,21,24). The second-order valence-electron chi connectivity index (χ2n) is 5.73. The van der Waals surface area contributed by atoms with Gasteiger partial charge in [0, 0.05) is 19.7 Å². The molecule has 0 spiro atoms. The molecule has 0 fully saturated rings. The lowest BCUT2D eigenvalue weighted by molar-refractivity contribution is -0.118. The van der Waals surface area contributed by atoms with Crippen molar-refractivity contribution in [3.63, 3.8) is 0 Å². The van der Waals surface area contributed by atoms with E-state index >= 15 is 0 Å². The zero-order valence-corrected chi connectivity index (χ0v) is 16.3. The monoisotopic (exact) mass is 381 g/mol. The quantitative estimate of drug-likeness (QED) is 0.542. The van der Waals surface area contributed by atoms with E-state index in [0.29, 0.717) is 12.3 Å². The second-order valence-corrected chi connectivity index (χ2v) is 7.98. The molecule has 0 radical (unpaired) electrons. The predicted octanol–water partition coefficient (Wildman–Crippen LogP) is 3.62. The van der Waals surface area contributed by atoms with Crippen molar-refractivity contribution in [2.45, 2.75) is 4.34 Å². The van der Waals surface area contributed by atoms with E-state index in [9.17, 15) is 4.79 Å². The topological polar surface area (TPSA) is 45.2 Å². The van der Waals surface area contributed by atoms with Gasteiger partial charge in [-0.25, -0.2) is 4.98 Å². The molecule has 6 heteroatoms. The summed E-state index contributed by atoms with van der Waals surface area (Å²) in [5.74, 6) is 6.44. The van der Waals surface area contributed by atoms with Gasteiger partial charge in [0.2, 0.25) is 5.91 Å². The highest BCUT2D eigenvalue weighted by Crippen LogP contribution is 2.28. The maximum absolute atomic E-state index is 12.0. The number of amides is 1. The normalized spacial score (nSPS) is 10.2. The first-order chi connectivity index (χ1) is 12.6. The largest absolute Gasteiger partial charge is 0.377 e. The number of para-hydroxylation sites is 2. The summed E-state index contributed by atoms with van der Waals surface area (Å²) in [5.41, 5.74) is 3.00. The first kappa shape index (κ1) is 18.3. The molecule has 3 aromatic rings. The number of carbonyl (C=O) groups excluding carboxylic acids is 1. The van der Waals surface area contributed by atoms with Crippen LogP contribution in [0.15, 0.2) is 52.9 Å². The van der Waals surface area contributed by atoms with Crippen molar-refractivity contribution in [3.8, 4) is 11.8 Å². The smallest absolute Gasteiger partial charge is 0.231 e. The summed E-state index contributed by atoms with van der Waals surface area (Å²) in [5, 5.41) is 2.84. The fraction of sp³-hybridized carbons (Fsp3) is 0.200. The third kappa shape index (κ3) is 4.78. The fourth-order valence-corrected chi connectivity index (χ4v) is 4.24. The van der Waals surface area contributed by atoms with Gasteiger partial charge in [-0.15, -0.1) is 11.3 Å². The average molecular weight is 382 g/mol. The Morgan fingerprint density at radius 1 is 1.19 bits per heavy atom. The molecular weight excluding hydrogens is 362 g/mol. The summed E-state index contributed by atoms with van der Waals surface area (Å²) >= 11 is 3.06. The van der Waals surface area contributed by atoms with Crippen molar-refractivity contribution in [1.82, 2.24) is 10.3 Å². The molecule has 0 saturated heterocycles. The Kier molecular flexibility index (Phi) is 6.16. The average Bonchev–Trinajstić information content (AvgIpc) is 3.07. The van der Waals surface area contributed by atoms with Crippen molar-refractivity contribution in [3.05, 3.63) is 54.1 Å². The van der Waals surface area contributed by atoms with Crippen molar-refractivity contribution in [1.29, 1.82) is 0 Å². The van der Waals surface area contributed by atoms with E-state index in [0.717, 1.165) is 25.8 Å². The van der Waals surface area contributed by atoms with Gasteiger partial charge in [0.1, 0.15) is 0 Å². The zero-order chi connectivity index (χ0) is 18.4. The number of hydrogen-bond acceptors (Lipinski definition) is 5. The number of rotatable bonds is 5. The zero-order valence-electron chi connectivity index (χ0n) is 14.7. The summed E-state index contributed by atoms with van der Waals surface area (Å²) in [7, 11) is 3.98. The van der Waals surface area contributed by atoms with Crippen molar-refractivity contribution < 1.29 is 4.79 Å². The predicted molar refractivity (Wildman–Crippen MR) is 111 cm³/mol. The van der Waals surface area contributed by atoms with Crippen LogP contribution < -0.4 is 10.2 Å². The van der Waals surface area contributed by atoms with Crippen LogP contribution in [0, 0.1) is 11.8 Å². The summed E-state index contributed by atoms with van der Waals surface area (Å²) < 4.78 is 2.05. The molecule has 1 N–H and O–H groups in total. The summed E-state index contributed by atoms with van der Waals surface area (Å²) in [6.45, 7) is 0.334. The molecule has 0 atom stereocenters. The van der Waals surface area contributed by atoms with Crippen LogP contribution in [0.25, 0.3) is 10.2 Å². The Morgan fingerprint density at radius 3 is 2.77 bits per heavy atom. The van der Waals surface area contributed by atoms with Crippen LogP contribution in [0.2, 0.25) is 0 Å². The van der Waals surface area contributed by atoms with E-state index in [1.807, 2.05) is 67.5 Å². The molecule has 26 heavy (non-hydrogen) atoms. The summed E-state index contributed by atoms with van der Waals surface area (Å²) in [6.07, 6.45) is 0. The van der Waals surface area contributed by atoms with Crippen LogP contribution >= 0.6 is 23.1 Å². The third-order valence-corrected chi connectivity index (χ3v) is 5.76. The molecule has 0 aliphatic heterocycles. The molecule has 1 heterocycles. The first-order valence-corrected chi connectivity index (χ1v) is 9.94. The van der Waals surface area contributed by atoms with Crippen LogP contribution in [0.1, 0.15) is 5.56 Å². The summed E-state index contributed by atoms with van der Waals surface area (Å²) in [4.78, 5) is 18.5. The molecule has 1 aromatic heterocycles. The molecule has 0 unspecified atom stereocenters. The van der Waals surface area contributed by atoms with Crippen LogP contribution in [0.4, 0.5) is 5.69 Å². The maximum atomic E-state index is 12.0. The Morgan fingerprint density at radius 2 is 1.96 bits per heavy atom. The number of benzene rings is 2. The number of anilines is 1. The van der Waals surface area contributed by atoms with Crippen LogP contribution in [0.3, 0.4) is 0 Å². The lowest BCUT2D eigenvalue weighted by Crippen LogP contribution is -2.25. The molecule has 0 saturated carbocycles. The van der Waals surface area contributed by atoms with Gasteiger partial charge in [0.05, 0.1) is 28.2 Å². The van der Waals surface area contributed by atoms with Crippen LogP contribution in [0.5, 0.6) is 0 Å². The van der Waals surface area contributed by atoms with Gasteiger partial charge in [-0.2, -0.15) is 0 Å². The number of hydrogen-bond donors (Lipinski definition) is 1. The van der Waals surface area contributed by atoms with Crippen molar-refractivity contribution >= 4 is 44.9 Å². The van der Waals surface area contributed by atoms with Gasteiger partial charge >= 0.3 is 0 Å². The van der Waals surface area contributed by atoms with E-state index in [2.05, 4.69) is 22.1 Å². The fourth-order valence-electron chi connectivity index (χ4n) is 2.34. The van der Waals surface area contributed by atoms with Gasteiger partial charge in [-0.1, -0.05) is 47.9 Å². The molecule has 3 rings (SSSR count). The number of nitrogens with one attached hydrogen (secondary N) is 1. The number of aromatic nitrogens is 1. The number of fused-ring (bicyclic) bond motifs is 1. The highest BCUT2D eigenvalue weighted by molar-refractivity contribution is 8.01. The molecule has 4 nitrogen and oxygen atoms in total. The number of nitrogens with zero attached hydrogens (tertiary/aromatic N) is 2. The first-order valence-electron chi connectivity index (χ1n) is 8.14. The Labute approximate surface area is 161 Å². The molecule has 0 aliphatic rings. The molecule has 132 valence electrons. The second kappa shape index (κ2) is 8.75. The molecular formula is C20H19N3OS2. The van der Waals surface area contributed by atoms with Gasteiger partial charge in [0.25, 0.3) is 0 Å². The van der Waals surface area contributed by atoms with Gasteiger partial charge < -0.3 is 10.2 Å². The minimum atomic E-state index is -0.0375. The van der Waals surface area contributed by atoms with E-state index in [-0.39, 0.29) is 5.91 Å². The Balaban J connectivity index is 1.49. The van der Waals surface area contributed by atoms with Crippen molar-refractivity contribution in [2.75, 3.05) is 31.3 Å². The lowest BCUT2D eigenvalue weighted by Gasteiger charge is -2.13. The SMILES string of the molecule is CN(C)c1ccccc1C#CCNC(=O)CSc1nc2ccccc2s1. The minimum Gasteiger partial charge on any atom is -0.377 e. The number of thioether (sulfide) groups is 1. The number of thiazole rings is 1. The maximum Gasteiger partial charge on any atom is 0.231 e. The number of carbonyl (C=O) groups is 1. The summed E-state index contributed by atoms with van der Waals surface area (Å²) in [6, 6.07) is 15.9. The molecule has 1 amide bonds. The van der Waals surface area contributed by atoms with E-state index < -0.39 is 0 Å². The molecule has 0 aliphatic carbocycles. The van der Waals surface area contributed by atoms with Crippen LogP contribution in [-0.2, 0) is 4.79 Å². The molecule has 0 bridgehead atoms. The highest BCUT2D eigenvalue weighted by atomic mass is 32.2. The van der Waals surface area contributed by atoms with Gasteiger partial charge in [-0.05, 0) is 24.3 Å². The van der Waals surface area contributed by atoms with Gasteiger partial charge in [0.15, 0.2) is 4.34 Å². The van der Waals surface area contributed by atoms with E-state index in [4.69, 9.17) is 0 Å². The van der Waals surface area contributed by atoms with E-state index in [1.54, 1.807) is 11.3 Å². The Hall–Kier alpha value is -2.49. The minimum absolute atomic E-state index is 0.0375. The molecule has 2 aromatic carbocycles. The highest BCUT2D eigenvalue weighted by Gasteiger charge is 2.07. The van der Waals surface area contributed by atoms with Crippen molar-refractivity contribution in [2.24, 2.45) is 0 Å². The van der Waals surface area contributed by atoms with Crippen LogP contribution in [-0.4, -0.2) is 37.3 Å². The Bertz CT molecular complexity index is 937. The van der Waals surface area contributed by atoms with E-state index in [1.165, 1.54) is 11.8 Å².